The van der Waals surface area contributed by atoms with E-state index in [0.29, 0.717) is 0 Å². The van der Waals surface area contributed by atoms with Crippen LogP contribution in [0.3, 0.4) is 0 Å². The standard InChI is InChI=1S/C16H18O6S/c1-11(16(17)21-10-22-23(3,18)19)12-4-5-14-9-15(20-2)7-6-13(14)8-12/h4-9,11H,10H2,1-3H3. The van der Waals surface area contributed by atoms with Gasteiger partial charge in [-0.1, -0.05) is 24.3 Å². The van der Waals surface area contributed by atoms with Crippen LogP contribution in [0.2, 0.25) is 0 Å². The number of hydrogen-bond donors (Lipinski definition) is 0. The maximum absolute atomic E-state index is 11.9. The Bertz CT molecular complexity index is 812. The van der Waals surface area contributed by atoms with Crippen LogP contribution in [0.25, 0.3) is 10.8 Å². The number of methoxy groups -OCH3 is 1. The minimum absolute atomic E-state index is 0.537. The minimum Gasteiger partial charge on any atom is -0.497 e. The Kier molecular flexibility index (Phi) is 5.23. The van der Waals surface area contributed by atoms with Crippen molar-refractivity contribution in [2.24, 2.45) is 0 Å². The molecule has 7 heteroatoms. The lowest BCUT2D eigenvalue weighted by Gasteiger charge is -2.12. The summed E-state index contributed by atoms with van der Waals surface area (Å²) in [4.78, 5) is 11.9. The average molecular weight is 338 g/mol. The van der Waals surface area contributed by atoms with Crippen molar-refractivity contribution in [1.29, 1.82) is 0 Å². The average Bonchev–Trinajstić information content (AvgIpc) is 2.51. The highest BCUT2D eigenvalue weighted by molar-refractivity contribution is 7.85. The van der Waals surface area contributed by atoms with Gasteiger partial charge in [0.2, 0.25) is 6.79 Å². The molecular formula is C16H18O6S. The Hall–Kier alpha value is -2.12. The third-order valence-corrected chi connectivity index (χ3v) is 3.91. The molecule has 0 aromatic heterocycles. The summed E-state index contributed by atoms with van der Waals surface area (Å²) in [5.74, 6) is -0.332. The molecule has 0 aliphatic rings. The second kappa shape index (κ2) is 6.97. The zero-order valence-electron chi connectivity index (χ0n) is 13.1. The second-order valence-electron chi connectivity index (χ2n) is 5.10. The fraction of sp³-hybridized carbons (Fsp3) is 0.312. The number of carbonyl (C=O) groups excluding carboxylic acids is 1. The Morgan fingerprint density at radius 3 is 2.43 bits per heavy atom. The molecule has 0 bridgehead atoms. The fourth-order valence-electron chi connectivity index (χ4n) is 2.07. The molecule has 0 saturated heterocycles. The fourth-order valence-corrected chi connectivity index (χ4v) is 2.29. The molecule has 2 aromatic carbocycles. The van der Waals surface area contributed by atoms with Gasteiger partial charge in [0.05, 0.1) is 19.3 Å². The molecule has 2 aromatic rings. The molecule has 0 aliphatic carbocycles. The van der Waals surface area contributed by atoms with E-state index in [9.17, 15) is 13.2 Å². The topological polar surface area (TPSA) is 78.9 Å². The van der Waals surface area contributed by atoms with Crippen molar-refractivity contribution in [3.8, 4) is 5.75 Å². The molecule has 0 N–H and O–H groups in total. The maximum Gasteiger partial charge on any atom is 0.315 e. The molecule has 2 rings (SSSR count). The molecular weight excluding hydrogens is 320 g/mol. The molecule has 0 fully saturated rings. The predicted molar refractivity (Wildman–Crippen MR) is 85.8 cm³/mol. The first-order chi connectivity index (χ1) is 10.8. The highest BCUT2D eigenvalue weighted by Crippen LogP contribution is 2.25. The number of carbonyl (C=O) groups is 1. The lowest BCUT2D eigenvalue weighted by Crippen LogP contribution is -2.17. The number of esters is 1. The van der Waals surface area contributed by atoms with E-state index in [2.05, 4.69) is 4.18 Å². The van der Waals surface area contributed by atoms with Gasteiger partial charge in [-0.3, -0.25) is 4.79 Å². The first kappa shape index (κ1) is 17.2. The molecule has 0 heterocycles. The van der Waals surface area contributed by atoms with Crippen LogP contribution in [0, 0.1) is 0 Å². The van der Waals surface area contributed by atoms with E-state index in [1.54, 1.807) is 14.0 Å². The second-order valence-corrected chi connectivity index (χ2v) is 6.74. The van der Waals surface area contributed by atoms with Crippen molar-refractivity contribution >= 4 is 26.9 Å². The summed E-state index contributed by atoms with van der Waals surface area (Å²) >= 11 is 0. The molecule has 0 aliphatic heterocycles. The molecule has 0 spiro atoms. The minimum atomic E-state index is -3.63. The van der Waals surface area contributed by atoms with Gasteiger partial charge >= 0.3 is 5.97 Å². The molecule has 0 radical (unpaired) electrons. The van der Waals surface area contributed by atoms with Crippen LogP contribution in [0.1, 0.15) is 18.4 Å². The SMILES string of the molecule is COc1ccc2cc(C(C)C(=O)OCOS(C)(=O)=O)ccc2c1. The van der Waals surface area contributed by atoms with Gasteiger partial charge < -0.3 is 9.47 Å². The van der Waals surface area contributed by atoms with Crippen molar-refractivity contribution in [2.75, 3.05) is 20.2 Å². The van der Waals surface area contributed by atoms with Crippen molar-refractivity contribution < 1.29 is 26.9 Å². The lowest BCUT2D eigenvalue weighted by atomic mass is 9.98. The number of rotatable bonds is 6. The number of benzene rings is 2. The summed E-state index contributed by atoms with van der Waals surface area (Å²) < 4.78 is 36.0. The van der Waals surface area contributed by atoms with E-state index in [4.69, 9.17) is 9.47 Å². The van der Waals surface area contributed by atoms with Crippen LogP contribution < -0.4 is 4.74 Å². The zero-order valence-corrected chi connectivity index (χ0v) is 13.9. The number of fused-ring (bicyclic) bond motifs is 1. The summed E-state index contributed by atoms with van der Waals surface area (Å²) in [5, 5.41) is 1.96. The van der Waals surface area contributed by atoms with Crippen LogP contribution in [-0.4, -0.2) is 34.5 Å². The summed E-state index contributed by atoms with van der Waals surface area (Å²) in [6, 6.07) is 11.3. The normalized spacial score (nSPS) is 12.8. The quantitative estimate of drug-likeness (QED) is 0.457. The van der Waals surface area contributed by atoms with E-state index >= 15 is 0 Å². The summed E-state index contributed by atoms with van der Waals surface area (Å²) in [5.41, 5.74) is 0.770. The van der Waals surface area contributed by atoms with E-state index in [0.717, 1.165) is 28.3 Å². The van der Waals surface area contributed by atoms with E-state index < -0.39 is 28.8 Å². The largest absolute Gasteiger partial charge is 0.497 e. The van der Waals surface area contributed by atoms with Gasteiger partial charge in [0.15, 0.2) is 0 Å². The third-order valence-electron chi connectivity index (χ3n) is 3.39. The molecule has 0 amide bonds. The molecule has 124 valence electrons. The molecule has 0 saturated carbocycles. The zero-order chi connectivity index (χ0) is 17.0. The molecule has 23 heavy (non-hydrogen) atoms. The predicted octanol–water partition coefficient (Wildman–Crippen LogP) is 2.43. The maximum atomic E-state index is 11.9. The Labute approximate surface area is 135 Å². The highest BCUT2D eigenvalue weighted by atomic mass is 32.2. The number of hydrogen-bond acceptors (Lipinski definition) is 6. The van der Waals surface area contributed by atoms with Gasteiger partial charge in [-0.25, -0.2) is 4.18 Å². The number of ether oxygens (including phenoxy) is 2. The van der Waals surface area contributed by atoms with E-state index in [1.807, 2.05) is 36.4 Å². The Morgan fingerprint density at radius 1 is 1.13 bits per heavy atom. The van der Waals surface area contributed by atoms with E-state index in [1.165, 1.54) is 0 Å². The van der Waals surface area contributed by atoms with Crippen molar-refractivity contribution in [3.05, 3.63) is 42.0 Å². The van der Waals surface area contributed by atoms with E-state index in [-0.39, 0.29) is 0 Å². The summed E-state index contributed by atoms with van der Waals surface area (Å²) in [6.45, 7) is 1.07. The Morgan fingerprint density at radius 2 is 1.78 bits per heavy atom. The van der Waals surface area contributed by atoms with Crippen molar-refractivity contribution in [3.63, 3.8) is 0 Å². The van der Waals surface area contributed by atoms with Gasteiger partial charge in [0, 0.05) is 0 Å². The van der Waals surface area contributed by atoms with Gasteiger partial charge in [-0.2, -0.15) is 8.42 Å². The van der Waals surface area contributed by atoms with Crippen LogP contribution >= 0.6 is 0 Å². The van der Waals surface area contributed by atoms with Gasteiger partial charge in [-0.05, 0) is 35.4 Å². The van der Waals surface area contributed by atoms with Gasteiger partial charge in [0.25, 0.3) is 10.1 Å². The molecule has 1 unspecified atom stereocenters. The highest BCUT2D eigenvalue weighted by Gasteiger charge is 2.18. The van der Waals surface area contributed by atoms with Crippen molar-refractivity contribution in [2.45, 2.75) is 12.8 Å². The summed E-state index contributed by atoms with van der Waals surface area (Å²) in [6.07, 6.45) is 0.891. The van der Waals surface area contributed by atoms with Gasteiger partial charge in [-0.15, -0.1) is 0 Å². The van der Waals surface area contributed by atoms with Crippen LogP contribution in [0.5, 0.6) is 5.75 Å². The Balaban J connectivity index is 2.11. The smallest absolute Gasteiger partial charge is 0.315 e. The first-order valence-electron chi connectivity index (χ1n) is 6.89. The first-order valence-corrected chi connectivity index (χ1v) is 8.70. The van der Waals surface area contributed by atoms with Gasteiger partial charge in [0.1, 0.15) is 5.75 Å². The monoisotopic (exact) mass is 338 g/mol. The van der Waals surface area contributed by atoms with Crippen LogP contribution in [0.15, 0.2) is 36.4 Å². The molecule has 6 nitrogen and oxygen atoms in total. The third kappa shape index (κ3) is 4.67. The van der Waals surface area contributed by atoms with Crippen LogP contribution in [-0.2, 0) is 23.8 Å². The molecule has 1 atom stereocenters. The summed E-state index contributed by atoms with van der Waals surface area (Å²) in [7, 11) is -2.03. The van der Waals surface area contributed by atoms with Crippen LogP contribution in [0.4, 0.5) is 0 Å². The lowest BCUT2D eigenvalue weighted by molar-refractivity contribution is -0.151. The van der Waals surface area contributed by atoms with Crippen molar-refractivity contribution in [1.82, 2.24) is 0 Å².